The van der Waals surface area contributed by atoms with E-state index < -0.39 is 0 Å². The third-order valence-corrected chi connectivity index (χ3v) is 6.36. The zero-order valence-corrected chi connectivity index (χ0v) is 13.2. The lowest BCUT2D eigenvalue weighted by molar-refractivity contribution is 0.364. The second-order valence-electron chi connectivity index (χ2n) is 7.63. The Morgan fingerprint density at radius 2 is 1.76 bits per heavy atom. The van der Waals surface area contributed by atoms with E-state index in [0.29, 0.717) is 5.41 Å². The standard InChI is InChI=1S/C21H28/c1-2-5-9-18(8-4-1)19-10-6-3-7-11-20(19)21-14-12-17(16-21)13-15-21/h1,4,7-8,11,17H,2-3,5-6,9-10,12-16H2. The van der Waals surface area contributed by atoms with Gasteiger partial charge < -0.3 is 0 Å². The second kappa shape index (κ2) is 5.63. The van der Waals surface area contributed by atoms with Crippen LogP contribution in [0.2, 0.25) is 0 Å². The number of hydrogen-bond acceptors (Lipinski definition) is 0. The van der Waals surface area contributed by atoms with Gasteiger partial charge in [0.1, 0.15) is 0 Å². The Morgan fingerprint density at radius 3 is 2.57 bits per heavy atom. The number of fused-ring (bicyclic) bond motifs is 2. The largest absolute Gasteiger partial charge is 0.0845 e. The van der Waals surface area contributed by atoms with Crippen LogP contribution < -0.4 is 0 Å². The lowest BCUT2D eigenvalue weighted by Crippen LogP contribution is -2.18. The Labute approximate surface area is 129 Å². The van der Waals surface area contributed by atoms with E-state index in [1.807, 2.05) is 0 Å². The van der Waals surface area contributed by atoms with Crippen molar-refractivity contribution in [1.29, 1.82) is 0 Å². The zero-order valence-electron chi connectivity index (χ0n) is 13.2. The van der Waals surface area contributed by atoms with Crippen molar-refractivity contribution < 1.29 is 0 Å². The summed E-state index contributed by atoms with van der Waals surface area (Å²) in [5.41, 5.74) is 5.74. The molecule has 0 spiro atoms. The lowest BCUT2D eigenvalue weighted by atomic mass is 9.73. The molecule has 0 aliphatic heterocycles. The fourth-order valence-electron chi connectivity index (χ4n) is 5.26. The van der Waals surface area contributed by atoms with Crippen molar-refractivity contribution >= 4 is 0 Å². The molecule has 0 heteroatoms. The molecule has 0 nitrogen and oxygen atoms in total. The van der Waals surface area contributed by atoms with Gasteiger partial charge >= 0.3 is 0 Å². The number of allylic oxidation sites excluding steroid dienone is 8. The predicted molar refractivity (Wildman–Crippen MR) is 90.1 cm³/mol. The Kier molecular flexibility index (Phi) is 3.65. The summed E-state index contributed by atoms with van der Waals surface area (Å²) in [4.78, 5) is 0. The third kappa shape index (κ3) is 2.47. The normalized spacial score (nSPS) is 35.8. The summed E-state index contributed by atoms with van der Waals surface area (Å²) >= 11 is 0. The molecule has 2 bridgehead atoms. The predicted octanol–water partition coefficient (Wildman–Crippen LogP) is 6.27. The summed E-state index contributed by atoms with van der Waals surface area (Å²) < 4.78 is 0. The molecule has 0 aromatic rings. The molecule has 0 aromatic heterocycles. The van der Waals surface area contributed by atoms with Crippen molar-refractivity contribution in [2.75, 3.05) is 0 Å². The molecule has 0 N–H and O–H groups in total. The van der Waals surface area contributed by atoms with Gasteiger partial charge in [-0.3, -0.25) is 0 Å². The maximum atomic E-state index is 2.55. The molecule has 0 aromatic carbocycles. The Morgan fingerprint density at radius 1 is 0.952 bits per heavy atom. The van der Waals surface area contributed by atoms with E-state index in [-0.39, 0.29) is 0 Å². The van der Waals surface area contributed by atoms with Gasteiger partial charge in [-0.25, -0.2) is 0 Å². The molecule has 0 saturated heterocycles. The summed E-state index contributed by atoms with van der Waals surface area (Å²) in [5.74, 6) is 1.04. The smallest absolute Gasteiger partial charge is 0.00414 e. The van der Waals surface area contributed by atoms with Crippen LogP contribution in [-0.4, -0.2) is 0 Å². The molecular formula is C21H28. The fourth-order valence-corrected chi connectivity index (χ4v) is 5.26. The maximum absolute atomic E-state index is 2.55. The minimum atomic E-state index is 0.567. The molecule has 112 valence electrons. The van der Waals surface area contributed by atoms with E-state index in [0.717, 1.165) is 5.92 Å². The second-order valence-corrected chi connectivity index (χ2v) is 7.63. The molecule has 2 saturated carbocycles. The molecule has 0 radical (unpaired) electrons. The zero-order chi connectivity index (χ0) is 14.1. The highest BCUT2D eigenvalue weighted by Crippen LogP contribution is 2.59. The van der Waals surface area contributed by atoms with Gasteiger partial charge in [-0.2, -0.15) is 0 Å². The quantitative estimate of drug-likeness (QED) is 0.559. The molecule has 0 unspecified atom stereocenters. The molecule has 4 rings (SSSR count). The molecule has 4 aliphatic carbocycles. The number of rotatable bonds is 2. The highest BCUT2D eigenvalue weighted by Gasteiger charge is 2.47. The highest BCUT2D eigenvalue weighted by molar-refractivity contribution is 5.47. The highest BCUT2D eigenvalue weighted by atomic mass is 14.5. The molecule has 4 aliphatic rings. The third-order valence-electron chi connectivity index (χ3n) is 6.36. The van der Waals surface area contributed by atoms with Gasteiger partial charge in [0.05, 0.1) is 0 Å². The van der Waals surface area contributed by atoms with E-state index >= 15 is 0 Å². The minimum Gasteiger partial charge on any atom is -0.0845 e. The van der Waals surface area contributed by atoms with Crippen molar-refractivity contribution in [2.45, 2.75) is 70.6 Å². The van der Waals surface area contributed by atoms with E-state index in [1.54, 1.807) is 16.7 Å². The van der Waals surface area contributed by atoms with Crippen LogP contribution in [0.1, 0.15) is 70.6 Å². The monoisotopic (exact) mass is 280 g/mol. The lowest BCUT2D eigenvalue weighted by Gasteiger charge is -2.31. The fraction of sp³-hybridized carbons (Fsp3) is 0.619. The van der Waals surface area contributed by atoms with Crippen LogP contribution in [0.5, 0.6) is 0 Å². The first kappa shape index (κ1) is 13.6. The first-order valence-electron chi connectivity index (χ1n) is 9.14. The van der Waals surface area contributed by atoms with Crippen molar-refractivity contribution in [3.8, 4) is 0 Å². The van der Waals surface area contributed by atoms with Gasteiger partial charge in [-0.05, 0) is 98.7 Å². The van der Waals surface area contributed by atoms with Gasteiger partial charge in [-0.1, -0.05) is 30.4 Å². The molecule has 0 atom stereocenters. The average molecular weight is 280 g/mol. The van der Waals surface area contributed by atoms with E-state index in [4.69, 9.17) is 0 Å². The average Bonchev–Trinajstić information content (AvgIpc) is 2.89. The molecule has 0 amide bonds. The van der Waals surface area contributed by atoms with Crippen LogP contribution in [0.15, 0.2) is 47.1 Å². The molecule has 2 fully saturated rings. The van der Waals surface area contributed by atoms with Crippen LogP contribution in [0, 0.1) is 11.3 Å². The van der Waals surface area contributed by atoms with Crippen molar-refractivity contribution in [1.82, 2.24) is 0 Å². The van der Waals surface area contributed by atoms with Crippen LogP contribution in [0.25, 0.3) is 0 Å². The van der Waals surface area contributed by atoms with Crippen LogP contribution in [-0.2, 0) is 0 Å². The first-order chi connectivity index (χ1) is 10.4. The van der Waals surface area contributed by atoms with Gasteiger partial charge in [0, 0.05) is 0 Å². The summed E-state index contributed by atoms with van der Waals surface area (Å²) in [5, 5.41) is 0. The number of hydrogen-bond donors (Lipinski definition) is 0. The maximum Gasteiger partial charge on any atom is -0.00414 e. The van der Waals surface area contributed by atoms with Gasteiger partial charge in [0.15, 0.2) is 0 Å². The summed E-state index contributed by atoms with van der Waals surface area (Å²) in [6, 6.07) is 0. The van der Waals surface area contributed by atoms with E-state index in [1.165, 1.54) is 70.6 Å². The van der Waals surface area contributed by atoms with Crippen LogP contribution in [0.4, 0.5) is 0 Å². The van der Waals surface area contributed by atoms with Crippen molar-refractivity contribution in [2.24, 2.45) is 11.3 Å². The van der Waals surface area contributed by atoms with E-state index in [9.17, 15) is 0 Å². The van der Waals surface area contributed by atoms with Gasteiger partial charge in [0.2, 0.25) is 0 Å². The molecule has 0 heterocycles. The van der Waals surface area contributed by atoms with E-state index in [2.05, 4.69) is 30.4 Å². The molecule has 21 heavy (non-hydrogen) atoms. The Bertz CT molecular complexity index is 518. The summed E-state index contributed by atoms with van der Waals surface area (Å²) in [6.07, 6.45) is 27.3. The Hall–Kier alpha value is -1.04. The van der Waals surface area contributed by atoms with Gasteiger partial charge in [-0.15, -0.1) is 0 Å². The van der Waals surface area contributed by atoms with Crippen molar-refractivity contribution in [3.63, 3.8) is 0 Å². The SMILES string of the molecule is C1=CCCCC(C2=C(C34CCC(CC3)C4)C=CCCC2)=C1. The first-order valence-corrected chi connectivity index (χ1v) is 9.14. The van der Waals surface area contributed by atoms with Crippen LogP contribution in [0.3, 0.4) is 0 Å². The summed E-state index contributed by atoms with van der Waals surface area (Å²) in [6.45, 7) is 0. The van der Waals surface area contributed by atoms with Crippen LogP contribution >= 0.6 is 0 Å². The summed E-state index contributed by atoms with van der Waals surface area (Å²) in [7, 11) is 0. The molecular weight excluding hydrogens is 252 g/mol. The van der Waals surface area contributed by atoms with Crippen molar-refractivity contribution in [3.05, 3.63) is 47.1 Å². The Balaban J connectivity index is 1.77. The minimum absolute atomic E-state index is 0.567. The topological polar surface area (TPSA) is 0 Å². The van der Waals surface area contributed by atoms with Gasteiger partial charge in [0.25, 0.3) is 0 Å².